The molecular weight excluding hydrogens is 1600 g/mol. The molecule has 0 spiro atoms. The van der Waals surface area contributed by atoms with Crippen LogP contribution >= 0.6 is 58.2 Å². The second-order valence-corrected chi connectivity index (χ2v) is 32.4. The fraction of sp³-hybridized carbons (Fsp3) is 0.652. The predicted molar refractivity (Wildman–Crippen MR) is 491 cm³/mol. The van der Waals surface area contributed by atoms with Crippen LogP contribution < -0.4 is 42.5 Å². The topological polar surface area (TPSA) is 244 Å². The number of rotatable bonds is 10. The molecule has 4 radical (unpaired) electrons. The average molecular weight is 1750 g/mol. The molecule has 0 atom stereocenters. The Morgan fingerprint density at radius 2 is 0.728 bits per heavy atom. The number of piperidine rings is 4. The molecule has 10 aliphatic rings. The summed E-state index contributed by atoms with van der Waals surface area (Å²) in [4.78, 5) is 99.0. The van der Waals surface area contributed by atoms with Crippen LogP contribution in [0.3, 0.4) is 0 Å². The van der Waals surface area contributed by atoms with Crippen molar-refractivity contribution in [3.63, 3.8) is 0 Å². The molecule has 4 amide bonds. The number of carbonyl (C=O) groups excluding carboxylic acids is 7. The number of alkyl halides is 1. The van der Waals surface area contributed by atoms with Crippen LogP contribution in [-0.4, -0.2) is 182 Å². The Labute approximate surface area is 718 Å². The molecule has 632 valence electrons. The molecule has 4 aliphatic carbocycles. The van der Waals surface area contributed by atoms with Gasteiger partial charge < -0.3 is 57.2 Å². The minimum absolute atomic E-state index is 0. The van der Waals surface area contributed by atoms with Gasteiger partial charge in [0.25, 0.3) is 0 Å². The maximum atomic E-state index is 13.0. The molecule has 4 aromatic rings. The number of benzene rings is 4. The number of ketones is 1. The number of fused-ring (bicyclic) bond motifs is 2. The minimum atomic E-state index is -0.722. The summed E-state index contributed by atoms with van der Waals surface area (Å²) in [6, 6.07) is 35.0. The van der Waals surface area contributed by atoms with Gasteiger partial charge in [-0.05, 0) is 167 Å². The van der Waals surface area contributed by atoms with Crippen molar-refractivity contribution in [3.05, 3.63) is 97.1 Å². The number of nitrogens with one attached hydrogen (secondary N) is 2. The zero-order chi connectivity index (χ0) is 79.7. The first-order valence-electron chi connectivity index (χ1n) is 42.1. The smallest absolute Gasteiger partial charge is 0.236 e. The van der Waals surface area contributed by atoms with E-state index in [0.717, 1.165) is 136 Å². The number of amides is 4. The monoisotopic (exact) mass is 1740 g/mol. The summed E-state index contributed by atoms with van der Waals surface area (Å²) in [5, 5.41) is 5.08. The molecule has 6 aliphatic heterocycles. The van der Waals surface area contributed by atoms with E-state index in [2.05, 4.69) is 80.4 Å². The van der Waals surface area contributed by atoms with Gasteiger partial charge in [-0.2, -0.15) is 0 Å². The lowest BCUT2D eigenvalue weighted by Crippen LogP contribution is -2.50. The van der Waals surface area contributed by atoms with Crippen molar-refractivity contribution in [1.29, 1.82) is 0 Å². The molecule has 4 saturated carbocycles. The van der Waals surface area contributed by atoms with Crippen LogP contribution in [-0.2, 0) is 33.6 Å². The summed E-state index contributed by atoms with van der Waals surface area (Å²) in [6.45, 7) is 8.79. The van der Waals surface area contributed by atoms with E-state index in [1.54, 1.807) is 24.1 Å². The summed E-state index contributed by atoms with van der Waals surface area (Å²) in [5.74, 6) is 0.0268. The van der Waals surface area contributed by atoms with Gasteiger partial charge in [-0.1, -0.05) is 214 Å². The van der Waals surface area contributed by atoms with Crippen molar-refractivity contribution >= 4 is 159 Å². The molecule has 6 heterocycles. The van der Waals surface area contributed by atoms with Crippen molar-refractivity contribution < 1.29 is 33.6 Å². The highest BCUT2D eigenvalue weighted by molar-refractivity contribution is 14.1. The molecule has 8 N–H and O–H groups in total. The fourth-order valence-corrected chi connectivity index (χ4v) is 18.2. The van der Waals surface area contributed by atoms with Gasteiger partial charge in [-0.25, -0.2) is 0 Å². The van der Waals surface area contributed by atoms with Crippen molar-refractivity contribution in [1.82, 2.24) is 19.6 Å². The lowest BCUT2D eigenvalue weighted by molar-refractivity contribution is -0.127. The highest BCUT2D eigenvalue weighted by Gasteiger charge is 2.38. The number of Topliss-reactive ketones (excluding diaryl/α,β-unsaturated/α-hetero) is 1. The maximum absolute atomic E-state index is 13.0. The molecular formula is C89H140B2Cl3IN12O7. The van der Waals surface area contributed by atoms with Gasteiger partial charge in [0, 0.05) is 130 Å². The van der Waals surface area contributed by atoms with Crippen LogP contribution in [0.4, 0.5) is 45.5 Å². The van der Waals surface area contributed by atoms with E-state index in [0.29, 0.717) is 23.2 Å². The normalized spacial score (nSPS) is 20.8. The second kappa shape index (κ2) is 56.8. The fourth-order valence-electron chi connectivity index (χ4n) is 17.9. The molecule has 4 saturated heterocycles. The zero-order valence-corrected chi connectivity index (χ0v) is 71.9. The maximum Gasteiger partial charge on any atom is 0.236 e. The van der Waals surface area contributed by atoms with Gasteiger partial charge in [0.15, 0.2) is 0 Å². The van der Waals surface area contributed by atoms with Gasteiger partial charge in [0.1, 0.15) is 18.6 Å². The Balaban J connectivity index is 0.000000299. The SMILES string of the molecule is C.C.CI.CN1C(=O)CC(=O)N(C2CCN(C3CCCCCCC3)CC2)c2ccccc21.Cl.Nc1ccccc1N.Nc1ccccc1NC1CCN(C2CCCCCCC2)CC1.O=C(Cl)CC(=O)Cl.O=C1CC(=O)N(C2CCN(C3CCCCCCC3)CC2)c2ccccc2N1.O=C1CCN(C2CCCCCCC2)CC1.[B][B]. The van der Waals surface area contributed by atoms with Crippen LogP contribution in [0.25, 0.3) is 0 Å². The highest BCUT2D eigenvalue weighted by atomic mass is 127. The Morgan fingerprint density at radius 1 is 0.412 bits per heavy atom. The van der Waals surface area contributed by atoms with Crippen molar-refractivity contribution in [3.8, 4) is 0 Å². The molecule has 114 heavy (non-hydrogen) atoms. The number of nitrogens with zero attached hydrogens (tertiary/aromatic N) is 7. The lowest BCUT2D eigenvalue weighted by atomic mass is 9.81. The van der Waals surface area contributed by atoms with E-state index in [4.69, 9.17) is 40.4 Å². The Hall–Kier alpha value is -5.46. The standard InChI is InChI=1S/C23H33N3O2.C22H31N3O2.C19H31N3.C13H23NO.C6H8N2.C3H2Cl2O2.CH3I.2CH4.B2.ClH/c1-24-20-11-7-8-12-21(20)26(23(28)17-22(24)27)19-13-15-25(16-14-19)18-9-5-3-2-4-6-10-18;26-21-16-22(27)25(20-11-7-6-10-19(20)23-21)18-12-14-24(15-13-18)17-8-4-2-1-3-5-9-17;20-18-10-6-7-11-19(18)21-16-12-14-22(15-13-16)17-8-4-2-1-3-5-9-17;15-13-8-10-14(11-9-13)12-6-4-2-1-3-5-7-12;7-5-3-1-2-4-6(5)8;4-2(6)1-3(5)7;1-2;;;1-2;/h7-8,11-12,18-19H,2-6,9-10,13-17H2,1H3;6-7,10-11,17-18H,1-5,8-9,12-16H2,(H,23,26);6-7,10-11,16-17,21H,1-5,8-9,12-15,20H2;12H,1-11H2;1-4H,7-8H2;1H2;1H3;2*1H4;;1H. The van der Waals surface area contributed by atoms with E-state index < -0.39 is 10.5 Å². The van der Waals surface area contributed by atoms with E-state index in [1.807, 2.05) is 87.5 Å². The van der Waals surface area contributed by atoms with E-state index in [1.165, 1.54) is 206 Å². The number of hydrogen-bond donors (Lipinski definition) is 5. The summed E-state index contributed by atoms with van der Waals surface area (Å²) >= 11 is 11.6. The summed E-state index contributed by atoms with van der Waals surface area (Å²) in [5.41, 5.74) is 23.5. The minimum Gasteiger partial charge on any atom is -0.397 e. The van der Waals surface area contributed by atoms with E-state index >= 15 is 0 Å². The molecule has 0 aromatic heterocycles. The van der Waals surface area contributed by atoms with Crippen LogP contribution in [0.1, 0.15) is 265 Å². The lowest BCUT2D eigenvalue weighted by Gasteiger charge is -2.42. The first kappa shape index (κ1) is 101. The Kier molecular flexibility index (Phi) is 50.3. The van der Waals surface area contributed by atoms with Gasteiger partial charge in [0.2, 0.25) is 34.1 Å². The third-order valence-corrected chi connectivity index (χ3v) is 24.3. The molecule has 0 bridgehead atoms. The molecule has 4 aromatic carbocycles. The number of nitrogens with two attached hydrogens (primary N) is 3. The van der Waals surface area contributed by atoms with Gasteiger partial charge in [-0.3, -0.25) is 38.5 Å². The predicted octanol–water partition coefficient (Wildman–Crippen LogP) is 18.7. The first-order valence-corrected chi connectivity index (χ1v) is 45.1. The van der Waals surface area contributed by atoms with Gasteiger partial charge in [-0.15, -0.1) is 12.4 Å². The largest absolute Gasteiger partial charge is 0.397 e. The molecule has 8 fully saturated rings. The third kappa shape index (κ3) is 34.1. The van der Waals surface area contributed by atoms with E-state index in [9.17, 15) is 33.6 Å². The average Bonchev–Trinajstić information content (AvgIpc) is 1.57. The number of anilines is 8. The molecule has 14 rings (SSSR count). The Bertz CT molecular complexity index is 3370. The number of nitrogen functional groups attached to an aromatic ring is 3. The number of hydrogen-bond acceptors (Lipinski definition) is 15. The van der Waals surface area contributed by atoms with Crippen molar-refractivity contribution in [2.75, 3.05) is 107 Å². The molecule has 19 nitrogen and oxygen atoms in total. The highest BCUT2D eigenvalue weighted by Crippen LogP contribution is 2.39. The van der Waals surface area contributed by atoms with Crippen LogP contribution in [0.2, 0.25) is 0 Å². The first-order chi connectivity index (χ1) is 54.0. The van der Waals surface area contributed by atoms with Crippen LogP contribution in [0, 0.1) is 0 Å². The number of likely N-dealkylation sites (tertiary alicyclic amines) is 4. The Morgan fingerprint density at radius 3 is 1.11 bits per heavy atom. The second-order valence-electron chi connectivity index (χ2n) is 31.6. The number of para-hydroxylation sites is 8. The number of halogens is 4. The summed E-state index contributed by atoms with van der Waals surface area (Å²) < 4.78 is 0. The third-order valence-electron chi connectivity index (χ3n) is 24.0. The molecule has 25 heteroatoms. The summed E-state index contributed by atoms with van der Waals surface area (Å²) in [7, 11) is 9.77. The van der Waals surface area contributed by atoms with Gasteiger partial charge >= 0.3 is 0 Å². The van der Waals surface area contributed by atoms with Crippen LogP contribution in [0.15, 0.2) is 97.1 Å². The zero-order valence-electron chi connectivity index (χ0n) is 67.4. The number of carbonyl (C=O) groups is 7. The van der Waals surface area contributed by atoms with Crippen molar-refractivity contribution in [2.24, 2.45) is 0 Å². The summed E-state index contributed by atoms with van der Waals surface area (Å²) in [6.07, 6.45) is 46.5. The molecule has 0 unspecified atom stereocenters. The van der Waals surface area contributed by atoms with Crippen LogP contribution in [0.5, 0.6) is 0 Å². The van der Waals surface area contributed by atoms with E-state index in [-0.39, 0.29) is 82.2 Å². The quantitative estimate of drug-likeness (QED) is 0.0248. The van der Waals surface area contributed by atoms with Crippen molar-refractivity contribution in [2.45, 2.75) is 308 Å². The van der Waals surface area contributed by atoms with Gasteiger partial charge in [0.05, 0.1) is 51.9 Å².